The molecule has 3 aliphatic carbocycles. The topological polar surface area (TPSA) is 17.1 Å². The molecule has 4 unspecified atom stereocenters. The number of ketones is 1. The highest BCUT2D eigenvalue weighted by molar-refractivity contribution is 9.10. The minimum atomic E-state index is 0.386. The summed E-state index contributed by atoms with van der Waals surface area (Å²) in [7, 11) is 0. The lowest BCUT2D eigenvalue weighted by molar-refractivity contribution is 0.0944. The summed E-state index contributed by atoms with van der Waals surface area (Å²) in [4.78, 5) is 12.4. The maximum Gasteiger partial charge on any atom is 0.168 e. The molecule has 84 valence electrons. The lowest BCUT2D eigenvalue weighted by Crippen LogP contribution is -2.09. The van der Waals surface area contributed by atoms with E-state index in [0.29, 0.717) is 11.7 Å². The van der Waals surface area contributed by atoms with Crippen LogP contribution in [0.1, 0.15) is 29.6 Å². The number of hydrogen-bond donors (Lipinski definition) is 0. The van der Waals surface area contributed by atoms with Crippen molar-refractivity contribution in [1.29, 1.82) is 0 Å². The molecule has 1 nitrogen and oxygen atoms in total. The van der Waals surface area contributed by atoms with Gasteiger partial charge in [0, 0.05) is 26.7 Å². The van der Waals surface area contributed by atoms with Crippen LogP contribution < -0.4 is 0 Å². The lowest BCUT2D eigenvalue weighted by Gasteiger charge is -2.06. The molecule has 3 aliphatic rings. The van der Waals surface area contributed by atoms with Crippen LogP contribution in [0.4, 0.5) is 0 Å². The Hall–Kier alpha value is -0.150. The van der Waals surface area contributed by atoms with Crippen molar-refractivity contribution < 1.29 is 4.79 Å². The molecular weight excluding hydrogens is 284 g/mol. The Balaban J connectivity index is 1.62. The summed E-state index contributed by atoms with van der Waals surface area (Å²) >= 11 is 5.10. The van der Waals surface area contributed by atoms with Crippen LogP contribution in [-0.2, 0) is 0 Å². The lowest BCUT2D eigenvalue weighted by atomic mass is 9.97. The number of carbonyl (C=O) groups excluding carboxylic acids is 1. The summed E-state index contributed by atoms with van der Waals surface area (Å²) in [5.74, 6) is 4.11. The third kappa shape index (κ3) is 1.14. The highest BCUT2D eigenvalue weighted by Gasteiger charge is 2.67. The monoisotopic (exact) mass is 296 g/mol. The van der Waals surface area contributed by atoms with Crippen LogP contribution in [0.25, 0.3) is 0 Å². The number of thiophene rings is 1. The van der Waals surface area contributed by atoms with Gasteiger partial charge in [-0.3, -0.25) is 4.79 Å². The third-order valence-electron chi connectivity index (χ3n) is 4.92. The van der Waals surface area contributed by atoms with Crippen LogP contribution in [0.15, 0.2) is 15.2 Å². The molecule has 3 heteroatoms. The zero-order chi connectivity index (χ0) is 10.9. The molecule has 4 rings (SSSR count). The predicted molar refractivity (Wildman–Crippen MR) is 67.7 cm³/mol. The number of rotatable bonds is 2. The largest absolute Gasteiger partial charge is 0.294 e. The van der Waals surface area contributed by atoms with Crippen molar-refractivity contribution in [3.8, 4) is 0 Å². The van der Waals surface area contributed by atoms with Crippen LogP contribution >= 0.6 is 27.3 Å². The maximum atomic E-state index is 12.4. The van der Waals surface area contributed by atoms with Crippen LogP contribution in [0.3, 0.4) is 0 Å². The van der Waals surface area contributed by atoms with E-state index in [0.717, 1.165) is 33.7 Å². The second-order valence-corrected chi connectivity index (χ2v) is 7.11. The highest BCUT2D eigenvalue weighted by atomic mass is 79.9. The second-order valence-electron chi connectivity index (χ2n) is 5.51. The van der Waals surface area contributed by atoms with E-state index in [-0.39, 0.29) is 0 Å². The highest BCUT2D eigenvalue weighted by Crippen LogP contribution is 2.70. The van der Waals surface area contributed by atoms with E-state index in [1.54, 1.807) is 11.3 Å². The van der Waals surface area contributed by atoms with Gasteiger partial charge in [0.25, 0.3) is 0 Å². The number of halogens is 1. The van der Waals surface area contributed by atoms with Crippen LogP contribution in [0.5, 0.6) is 0 Å². The molecule has 1 heterocycles. The van der Waals surface area contributed by atoms with E-state index in [1.807, 2.05) is 10.8 Å². The molecule has 2 bridgehead atoms. The molecule has 0 N–H and O–H groups in total. The summed E-state index contributed by atoms with van der Waals surface area (Å²) < 4.78 is 1.000. The second kappa shape index (κ2) is 3.20. The van der Waals surface area contributed by atoms with Gasteiger partial charge in [-0.2, -0.15) is 11.3 Å². The summed E-state index contributed by atoms with van der Waals surface area (Å²) in [6.07, 6.45) is 4.20. The van der Waals surface area contributed by atoms with Gasteiger partial charge in [0.1, 0.15) is 0 Å². The van der Waals surface area contributed by atoms with E-state index in [9.17, 15) is 4.79 Å². The number of carbonyl (C=O) groups is 1. The van der Waals surface area contributed by atoms with Gasteiger partial charge >= 0.3 is 0 Å². The minimum Gasteiger partial charge on any atom is -0.294 e. The fourth-order valence-electron chi connectivity index (χ4n) is 4.31. The quantitative estimate of drug-likeness (QED) is 0.754. The standard InChI is InChI=1S/C13H13BrOS/c14-9-5-16-4-8(9)13(15)12-10-6-1-2-7(3-6)11(10)12/h4-7,10-12H,1-3H2. The number of fused-ring (bicyclic) bond motifs is 5. The van der Waals surface area contributed by atoms with Gasteiger partial charge in [0.05, 0.1) is 0 Å². The van der Waals surface area contributed by atoms with Crippen molar-refractivity contribution in [3.05, 3.63) is 20.8 Å². The molecule has 0 amide bonds. The molecule has 1 aromatic heterocycles. The van der Waals surface area contributed by atoms with E-state index in [1.165, 1.54) is 19.3 Å². The summed E-state index contributed by atoms with van der Waals surface area (Å²) in [6.45, 7) is 0. The Morgan fingerprint density at radius 2 is 1.94 bits per heavy atom. The normalized spacial score (nSPS) is 43.4. The molecule has 1 aromatic rings. The molecule has 0 spiro atoms. The Morgan fingerprint density at radius 1 is 1.25 bits per heavy atom. The van der Waals surface area contributed by atoms with Crippen molar-refractivity contribution in [1.82, 2.24) is 0 Å². The van der Waals surface area contributed by atoms with Gasteiger partial charge in [-0.05, 0) is 58.9 Å². The van der Waals surface area contributed by atoms with Gasteiger partial charge in [-0.1, -0.05) is 0 Å². The first-order valence-electron chi connectivity index (χ1n) is 6.03. The summed E-state index contributed by atoms with van der Waals surface area (Å²) in [5, 5.41) is 4.02. The predicted octanol–water partition coefficient (Wildman–Crippen LogP) is 3.99. The first kappa shape index (κ1) is 9.84. The van der Waals surface area contributed by atoms with Crippen molar-refractivity contribution in [2.45, 2.75) is 19.3 Å². The van der Waals surface area contributed by atoms with Crippen LogP contribution in [0, 0.1) is 29.6 Å². The van der Waals surface area contributed by atoms with Gasteiger partial charge in [-0.15, -0.1) is 0 Å². The van der Waals surface area contributed by atoms with Crippen molar-refractivity contribution >= 4 is 33.0 Å². The Kier molecular flexibility index (Phi) is 1.97. The Labute approximate surface area is 107 Å². The minimum absolute atomic E-state index is 0.386. The molecule has 0 radical (unpaired) electrons. The third-order valence-corrected chi connectivity index (χ3v) is 6.62. The summed E-state index contributed by atoms with van der Waals surface area (Å²) in [6, 6.07) is 0. The van der Waals surface area contributed by atoms with Gasteiger partial charge in [0.15, 0.2) is 5.78 Å². The Bertz CT molecular complexity index is 450. The zero-order valence-electron chi connectivity index (χ0n) is 8.86. The molecule has 16 heavy (non-hydrogen) atoms. The molecular formula is C13H13BrOS. The molecule has 0 aliphatic heterocycles. The molecule has 3 saturated carbocycles. The first-order chi connectivity index (χ1) is 7.77. The van der Waals surface area contributed by atoms with Gasteiger partial charge in [0.2, 0.25) is 0 Å². The van der Waals surface area contributed by atoms with E-state index >= 15 is 0 Å². The van der Waals surface area contributed by atoms with E-state index < -0.39 is 0 Å². The zero-order valence-corrected chi connectivity index (χ0v) is 11.3. The average molecular weight is 297 g/mol. The van der Waals surface area contributed by atoms with Gasteiger partial charge in [-0.25, -0.2) is 0 Å². The molecule has 3 fully saturated rings. The molecule has 4 atom stereocenters. The first-order valence-corrected chi connectivity index (χ1v) is 7.77. The van der Waals surface area contributed by atoms with E-state index in [2.05, 4.69) is 15.9 Å². The van der Waals surface area contributed by atoms with Crippen molar-refractivity contribution in [2.75, 3.05) is 0 Å². The summed E-state index contributed by atoms with van der Waals surface area (Å²) in [5.41, 5.74) is 0.934. The SMILES string of the molecule is O=C(c1cscc1Br)C1C2C3CCC(C3)C12. The smallest absolute Gasteiger partial charge is 0.168 e. The van der Waals surface area contributed by atoms with Gasteiger partial charge < -0.3 is 0 Å². The maximum absolute atomic E-state index is 12.4. The fraction of sp³-hybridized carbons (Fsp3) is 0.615. The Morgan fingerprint density at radius 3 is 2.50 bits per heavy atom. The van der Waals surface area contributed by atoms with Crippen LogP contribution in [-0.4, -0.2) is 5.78 Å². The number of Topliss-reactive ketones (excluding diaryl/α,β-unsaturated/α-hetero) is 1. The molecule has 0 saturated heterocycles. The van der Waals surface area contributed by atoms with Crippen molar-refractivity contribution in [2.24, 2.45) is 29.6 Å². The van der Waals surface area contributed by atoms with E-state index in [4.69, 9.17) is 0 Å². The van der Waals surface area contributed by atoms with Crippen LogP contribution in [0.2, 0.25) is 0 Å². The van der Waals surface area contributed by atoms with Crippen molar-refractivity contribution in [3.63, 3.8) is 0 Å². The number of hydrogen-bond acceptors (Lipinski definition) is 2. The molecule has 0 aromatic carbocycles. The average Bonchev–Trinajstić information content (AvgIpc) is 2.67. The fourth-order valence-corrected chi connectivity index (χ4v) is 5.79.